The normalized spacial score (nSPS) is 10.2. The van der Waals surface area contributed by atoms with E-state index in [0.717, 1.165) is 4.68 Å². The van der Waals surface area contributed by atoms with Crippen molar-refractivity contribution in [3.8, 4) is 0 Å². The summed E-state index contributed by atoms with van der Waals surface area (Å²) in [4.78, 5) is 15.0. The summed E-state index contributed by atoms with van der Waals surface area (Å²) < 4.78 is 1.13. The lowest BCUT2D eigenvalue weighted by molar-refractivity contribution is 0.0894. The zero-order valence-electron chi connectivity index (χ0n) is 6.94. The van der Waals surface area contributed by atoms with Crippen LogP contribution in [0.3, 0.4) is 0 Å². The molecule has 0 aliphatic rings. The molecule has 1 rings (SSSR count). The van der Waals surface area contributed by atoms with E-state index in [-0.39, 0.29) is 11.9 Å². The Hall–Kier alpha value is -1.04. The number of carbonyl (C=O) groups is 1. The van der Waals surface area contributed by atoms with Crippen LogP contribution in [-0.2, 0) is 0 Å². The molecule has 0 radical (unpaired) electrons. The number of nitrogens with two attached hydrogens (primary N) is 1. The predicted molar refractivity (Wildman–Crippen MR) is 47.1 cm³/mol. The molecule has 0 unspecified atom stereocenters. The Labute approximate surface area is 74.3 Å². The van der Waals surface area contributed by atoms with Gasteiger partial charge in [0.1, 0.15) is 0 Å². The minimum absolute atomic E-state index is 0.139. The number of anilines is 1. The average Bonchev–Trinajstić information content (AvgIpc) is 2.45. The van der Waals surface area contributed by atoms with Crippen molar-refractivity contribution in [3.63, 3.8) is 0 Å². The fourth-order valence-corrected chi connectivity index (χ4v) is 1.07. The fourth-order valence-electron chi connectivity index (χ4n) is 0.724. The number of rotatable bonds is 2. The van der Waals surface area contributed by atoms with Gasteiger partial charge in [0, 0.05) is 6.42 Å². The van der Waals surface area contributed by atoms with Gasteiger partial charge in [-0.3, -0.25) is 4.79 Å². The summed E-state index contributed by atoms with van der Waals surface area (Å²) in [6, 6.07) is 0. The molecule has 0 saturated carbocycles. The Kier molecular flexibility index (Phi) is 2.69. The lowest BCUT2D eigenvalue weighted by atomic mass is 10.5. The molecule has 1 heterocycles. The van der Waals surface area contributed by atoms with Gasteiger partial charge in [-0.05, 0) is 6.26 Å². The third-order valence-electron chi connectivity index (χ3n) is 1.33. The third kappa shape index (κ3) is 1.58. The van der Waals surface area contributed by atoms with Crippen molar-refractivity contribution in [2.24, 2.45) is 0 Å². The van der Waals surface area contributed by atoms with Gasteiger partial charge in [0.05, 0.1) is 0 Å². The number of hydrogen-bond donors (Lipinski definition) is 1. The van der Waals surface area contributed by atoms with Crippen LogP contribution < -0.4 is 5.73 Å². The highest BCUT2D eigenvalue weighted by molar-refractivity contribution is 7.98. The molecule has 0 atom stereocenters. The largest absolute Gasteiger partial charge is 0.368 e. The van der Waals surface area contributed by atoms with Gasteiger partial charge >= 0.3 is 0 Å². The molecular weight excluding hydrogens is 176 g/mol. The molecule has 0 bridgehead atoms. The Bertz CT molecular complexity index is 296. The van der Waals surface area contributed by atoms with Crippen molar-refractivity contribution < 1.29 is 4.79 Å². The second kappa shape index (κ2) is 3.57. The van der Waals surface area contributed by atoms with E-state index < -0.39 is 0 Å². The van der Waals surface area contributed by atoms with Gasteiger partial charge in [0.15, 0.2) is 0 Å². The van der Waals surface area contributed by atoms with E-state index >= 15 is 0 Å². The van der Waals surface area contributed by atoms with Crippen molar-refractivity contribution in [1.29, 1.82) is 0 Å². The summed E-state index contributed by atoms with van der Waals surface area (Å²) in [6.07, 6.45) is 2.21. The lowest BCUT2D eigenvalue weighted by Gasteiger charge is -1.95. The molecule has 0 saturated heterocycles. The van der Waals surface area contributed by atoms with Crippen LogP contribution in [-0.4, -0.2) is 26.9 Å². The Morgan fingerprint density at radius 1 is 1.75 bits per heavy atom. The highest BCUT2D eigenvalue weighted by Crippen LogP contribution is 2.10. The Morgan fingerprint density at radius 3 is 2.83 bits per heavy atom. The van der Waals surface area contributed by atoms with Crippen molar-refractivity contribution in [1.82, 2.24) is 14.8 Å². The number of carbonyl (C=O) groups excluding carboxylic acids is 1. The first-order valence-electron chi connectivity index (χ1n) is 3.48. The van der Waals surface area contributed by atoms with E-state index in [1.807, 2.05) is 6.26 Å². The van der Waals surface area contributed by atoms with Crippen LogP contribution in [0.2, 0.25) is 0 Å². The van der Waals surface area contributed by atoms with Crippen LogP contribution in [0.1, 0.15) is 18.1 Å². The average molecular weight is 186 g/mol. The Morgan fingerprint density at radius 2 is 2.42 bits per heavy atom. The number of nitrogen functional groups attached to an aromatic ring is 1. The van der Waals surface area contributed by atoms with E-state index in [2.05, 4.69) is 10.1 Å². The highest BCUT2D eigenvalue weighted by atomic mass is 32.2. The summed E-state index contributed by atoms with van der Waals surface area (Å²) in [5.41, 5.74) is 5.45. The second-order valence-electron chi connectivity index (χ2n) is 2.12. The highest BCUT2D eigenvalue weighted by Gasteiger charge is 2.10. The number of nitrogens with zero attached hydrogens (tertiary/aromatic N) is 3. The maximum Gasteiger partial charge on any atom is 0.249 e. The summed E-state index contributed by atoms with van der Waals surface area (Å²) in [5.74, 6) is 0.0199. The molecule has 1 aromatic rings. The predicted octanol–water partition coefficient (Wildman–Crippen LogP) is 0.632. The van der Waals surface area contributed by atoms with Crippen molar-refractivity contribution >= 4 is 23.6 Å². The number of hydrogen-bond acceptors (Lipinski definition) is 5. The van der Waals surface area contributed by atoms with Crippen LogP contribution in [0.5, 0.6) is 0 Å². The summed E-state index contributed by atoms with van der Waals surface area (Å²) in [5, 5.41) is 4.42. The molecule has 0 spiro atoms. The van der Waals surface area contributed by atoms with E-state index in [1.54, 1.807) is 6.92 Å². The molecule has 2 N–H and O–H groups in total. The molecule has 12 heavy (non-hydrogen) atoms. The number of aromatic nitrogens is 3. The van der Waals surface area contributed by atoms with Crippen molar-refractivity contribution in [2.75, 3.05) is 12.0 Å². The number of thioether (sulfide) groups is 1. The minimum Gasteiger partial charge on any atom is -0.368 e. The quantitative estimate of drug-likeness (QED) is 0.686. The smallest absolute Gasteiger partial charge is 0.249 e. The first-order valence-corrected chi connectivity index (χ1v) is 4.71. The summed E-state index contributed by atoms with van der Waals surface area (Å²) in [6.45, 7) is 1.75. The van der Waals surface area contributed by atoms with Gasteiger partial charge in [-0.25, -0.2) is 0 Å². The van der Waals surface area contributed by atoms with Gasteiger partial charge in [0.25, 0.3) is 0 Å². The van der Waals surface area contributed by atoms with Gasteiger partial charge in [-0.15, -0.1) is 5.10 Å². The van der Waals surface area contributed by atoms with E-state index in [4.69, 9.17) is 5.73 Å². The maximum atomic E-state index is 11.1. The maximum absolute atomic E-state index is 11.1. The topological polar surface area (TPSA) is 73.8 Å². The molecule has 1 aromatic heterocycles. The zero-order valence-corrected chi connectivity index (χ0v) is 7.76. The molecule has 5 nitrogen and oxygen atoms in total. The van der Waals surface area contributed by atoms with Gasteiger partial charge in [-0.2, -0.15) is 9.67 Å². The van der Waals surface area contributed by atoms with E-state index in [0.29, 0.717) is 11.6 Å². The minimum atomic E-state index is -0.139. The SMILES string of the molecule is CCC(=O)n1nc(SC)nc1N. The monoisotopic (exact) mass is 186 g/mol. The molecule has 0 aromatic carbocycles. The van der Waals surface area contributed by atoms with E-state index in [1.165, 1.54) is 11.8 Å². The van der Waals surface area contributed by atoms with Crippen LogP contribution in [0.25, 0.3) is 0 Å². The van der Waals surface area contributed by atoms with Gasteiger partial charge in [-0.1, -0.05) is 18.7 Å². The van der Waals surface area contributed by atoms with Crippen molar-refractivity contribution in [2.45, 2.75) is 18.5 Å². The molecule has 0 amide bonds. The van der Waals surface area contributed by atoms with Crippen LogP contribution in [0.4, 0.5) is 5.95 Å². The zero-order chi connectivity index (χ0) is 9.14. The third-order valence-corrected chi connectivity index (χ3v) is 1.87. The van der Waals surface area contributed by atoms with Crippen molar-refractivity contribution in [3.05, 3.63) is 0 Å². The Balaban J connectivity index is 2.99. The van der Waals surface area contributed by atoms with Crippen LogP contribution in [0.15, 0.2) is 5.16 Å². The van der Waals surface area contributed by atoms with Gasteiger partial charge < -0.3 is 5.73 Å². The molecule has 0 fully saturated rings. The molecular formula is C6H10N4OS. The lowest BCUT2D eigenvalue weighted by Crippen LogP contribution is -2.13. The first kappa shape index (κ1) is 9.05. The molecule has 6 heteroatoms. The molecule has 0 aliphatic heterocycles. The summed E-state index contributed by atoms with van der Waals surface area (Å²) in [7, 11) is 0. The molecule has 0 aliphatic carbocycles. The molecule has 66 valence electrons. The fraction of sp³-hybridized carbons (Fsp3) is 0.500. The van der Waals surface area contributed by atoms with E-state index in [9.17, 15) is 4.79 Å². The second-order valence-corrected chi connectivity index (χ2v) is 2.89. The van der Waals surface area contributed by atoms with Crippen LogP contribution >= 0.6 is 11.8 Å². The first-order chi connectivity index (χ1) is 5.69. The summed E-state index contributed by atoms with van der Waals surface area (Å²) >= 11 is 1.36. The van der Waals surface area contributed by atoms with Gasteiger partial charge in [0.2, 0.25) is 17.0 Å². The standard InChI is InChI=1S/C6H10N4OS/c1-3-4(11)10-5(7)8-6(9-10)12-2/h3H2,1-2H3,(H2,7,8,9). The van der Waals surface area contributed by atoms with Crippen LogP contribution in [0, 0.1) is 0 Å².